The van der Waals surface area contributed by atoms with E-state index in [1.165, 1.54) is 0 Å². The van der Waals surface area contributed by atoms with Gasteiger partial charge in [-0.1, -0.05) is 23.7 Å². The highest BCUT2D eigenvalue weighted by Gasteiger charge is 2.33. The maximum atomic E-state index is 12.5. The third-order valence-corrected chi connectivity index (χ3v) is 4.73. The molecular formula is C18H23ClN4O. The van der Waals surface area contributed by atoms with Gasteiger partial charge < -0.3 is 10.6 Å². The Morgan fingerprint density at radius 2 is 1.96 bits per heavy atom. The molecule has 3 rings (SSSR count). The van der Waals surface area contributed by atoms with Gasteiger partial charge in [-0.3, -0.25) is 4.68 Å². The van der Waals surface area contributed by atoms with E-state index in [9.17, 15) is 4.79 Å². The second-order valence-electron chi connectivity index (χ2n) is 6.55. The molecule has 0 unspecified atom stereocenters. The van der Waals surface area contributed by atoms with E-state index in [1.54, 1.807) is 4.68 Å². The minimum atomic E-state index is -0.155. The molecule has 1 aliphatic rings. The molecule has 24 heavy (non-hydrogen) atoms. The van der Waals surface area contributed by atoms with Crippen LogP contribution < -0.4 is 10.6 Å². The Morgan fingerprint density at radius 3 is 2.50 bits per heavy atom. The van der Waals surface area contributed by atoms with Crippen molar-refractivity contribution >= 4 is 17.6 Å². The molecule has 1 aliphatic carbocycles. The highest BCUT2D eigenvalue weighted by Crippen LogP contribution is 2.41. The van der Waals surface area contributed by atoms with Gasteiger partial charge in [-0.2, -0.15) is 5.10 Å². The minimum absolute atomic E-state index is 0.0319. The average Bonchev–Trinajstić information content (AvgIpc) is 3.30. The number of rotatable bonds is 5. The summed E-state index contributed by atoms with van der Waals surface area (Å²) in [5, 5.41) is 11.2. The van der Waals surface area contributed by atoms with Crippen LogP contribution in [0.15, 0.2) is 30.5 Å². The first-order valence-electron chi connectivity index (χ1n) is 8.26. The number of carbonyl (C=O) groups is 1. The predicted octanol–water partition coefficient (Wildman–Crippen LogP) is 3.89. The largest absolute Gasteiger partial charge is 0.332 e. The zero-order valence-corrected chi connectivity index (χ0v) is 15.0. The van der Waals surface area contributed by atoms with Gasteiger partial charge in [-0.05, 0) is 50.3 Å². The molecule has 1 heterocycles. The number of urea groups is 1. The van der Waals surface area contributed by atoms with Crippen LogP contribution in [0.1, 0.15) is 48.7 Å². The zero-order valence-electron chi connectivity index (χ0n) is 14.2. The van der Waals surface area contributed by atoms with Crippen LogP contribution in [-0.4, -0.2) is 15.8 Å². The first-order valence-corrected chi connectivity index (χ1v) is 8.64. The molecule has 5 nitrogen and oxygen atoms in total. The number of aryl methyl sites for hydroxylation is 2. The average molecular weight is 347 g/mol. The number of nitrogens with zero attached hydrogens (tertiary/aromatic N) is 2. The summed E-state index contributed by atoms with van der Waals surface area (Å²) in [7, 11) is 1.88. The minimum Gasteiger partial charge on any atom is -0.332 e. The lowest BCUT2D eigenvalue weighted by Gasteiger charge is -2.21. The zero-order chi connectivity index (χ0) is 17.3. The van der Waals surface area contributed by atoms with E-state index in [1.807, 2.05) is 51.4 Å². The summed E-state index contributed by atoms with van der Waals surface area (Å²) in [6.45, 7) is 3.92. The van der Waals surface area contributed by atoms with E-state index in [4.69, 9.17) is 11.6 Å². The summed E-state index contributed by atoms with van der Waals surface area (Å²) < 4.78 is 1.77. The fourth-order valence-corrected chi connectivity index (χ4v) is 3.20. The van der Waals surface area contributed by atoms with Gasteiger partial charge >= 0.3 is 6.03 Å². The van der Waals surface area contributed by atoms with E-state index >= 15 is 0 Å². The topological polar surface area (TPSA) is 59.0 Å². The molecule has 2 N–H and O–H groups in total. The van der Waals surface area contributed by atoms with E-state index < -0.39 is 0 Å². The van der Waals surface area contributed by atoms with Crippen LogP contribution in [0.5, 0.6) is 0 Å². The lowest BCUT2D eigenvalue weighted by Crippen LogP contribution is -2.40. The van der Waals surface area contributed by atoms with Crippen molar-refractivity contribution in [1.82, 2.24) is 20.4 Å². The fraction of sp³-hybridized carbons (Fsp3) is 0.444. The van der Waals surface area contributed by atoms with Crippen molar-refractivity contribution in [2.24, 2.45) is 13.0 Å². The maximum absolute atomic E-state index is 12.5. The molecule has 0 saturated heterocycles. The summed E-state index contributed by atoms with van der Waals surface area (Å²) >= 11 is 5.96. The molecule has 6 heteroatoms. The Hall–Kier alpha value is -2.01. The first-order chi connectivity index (χ1) is 11.4. The molecule has 1 aromatic carbocycles. The quantitative estimate of drug-likeness (QED) is 0.862. The number of nitrogens with one attached hydrogen (secondary N) is 2. The standard InChI is InChI=1S/C18H23ClN4O/c1-11(16-10-23(3)22-12(16)2)20-18(24)21-17(13-4-5-13)14-6-8-15(19)9-7-14/h6-11,13,17H,4-5H2,1-3H3,(H2,20,21,24)/t11-,17-/m1/s1. The molecule has 2 atom stereocenters. The van der Waals surface area contributed by atoms with Gasteiger partial charge in [-0.25, -0.2) is 4.79 Å². The number of benzene rings is 1. The second-order valence-corrected chi connectivity index (χ2v) is 6.99. The number of hydrogen-bond donors (Lipinski definition) is 2. The van der Waals surface area contributed by atoms with Crippen LogP contribution in [-0.2, 0) is 7.05 Å². The Balaban J connectivity index is 1.66. The van der Waals surface area contributed by atoms with E-state index in [0.717, 1.165) is 29.7 Å². The molecule has 0 radical (unpaired) electrons. The van der Waals surface area contributed by atoms with Crippen LogP contribution in [0.25, 0.3) is 0 Å². The molecule has 2 amide bonds. The lowest BCUT2D eigenvalue weighted by molar-refractivity contribution is 0.232. The molecule has 1 saturated carbocycles. The number of hydrogen-bond acceptors (Lipinski definition) is 2. The second kappa shape index (κ2) is 6.85. The summed E-state index contributed by atoms with van der Waals surface area (Å²) in [4.78, 5) is 12.5. The van der Waals surface area contributed by atoms with Crippen molar-refractivity contribution < 1.29 is 4.79 Å². The fourth-order valence-electron chi connectivity index (χ4n) is 3.07. The Labute approximate surface area is 147 Å². The normalized spacial score (nSPS) is 16.5. The molecular weight excluding hydrogens is 324 g/mol. The highest BCUT2D eigenvalue weighted by atomic mass is 35.5. The van der Waals surface area contributed by atoms with Gasteiger partial charge in [0.05, 0.1) is 17.8 Å². The third-order valence-electron chi connectivity index (χ3n) is 4.47. The van der Waals surface area contributed by atoms with Crippen LogP contribution in [0.4, 0.5) is 4.79 Å². The van der Waals surface area contributed by atoms with Crippen molar-refractivity contribution in [1.29, 1.82) is 0 Å². The van der Waals surface area contributed by atoms with E-state index in [2.05, 4.69) is 15.7 Å². The Kier molecular flexibility index (Phi) is 4.81. The maximum Gasteiger partial charge on any atom is 0.315 e. The van der Waals surface area contributed by atoms with Crippen molar-refractivity contribution in [2.75, 3.05) is 0 Å². The molecule has 0 aliphatic heterocycles. The number of carbonyl (C=O) groups excluding carboxylic acids is 1. The smallest absolute Gasteiger partial charge is 0.315 e. The Morgan fingerprint density at radius 1 is 1.29 bits per heavy atom. The Bertz CT molecular complexity index is 721. The number of amides is 2. The summed E-state index contributed by atoms with van der Waals surface area (Å²) in [5.74, 6) is 0.507. The molecule has 128 valence electrons. The summed E-state index contributed by atoms with van der Waals surface area (Å²) in [6, 6.07) is 7.49. The molecule has 2 aromatic rings. The van der Waals surface area contributed by atoms with Gasteiger partial charge in [0.25, 0.3) is 0 Å². The lowest BCUT2D eigenvalue weighted by atomic mass is 10.0. The van der Waals surface area contributed by atoms with Gasteiger partial charge in [0, 0.05) is 23.8 Å². The third kappa shape index (κ3) is 3.90. The van der Waals surface area contributed by atoms with Crippen LogP contribution in [0, 0.1) is 12.8 Å². The van der Waals surface area contributed by atoms with Crippen molar-refractivity contribution in [2.45, 2.75) is 38.8 Å². The summed E-state index contributed by atoms with van der Waals surface area (Å²) in [6.07, 6.45) is 4.23. The van der Waals surface area contributed by atoms with Gasteiger partial charge in [0.2, 0.25) is 0 Å². The van der Waals surface area contributed by atoms with Gasteiger partial charge in [0.15, 0.2) is 0 Å². The molecule has 0 bridgehead atoms. The molecule has 0 spiro atoms. The van der Waals surface area contributed by atoms with Crippen LogP contribution in [0.3, 0.4) is 0 Å². The van der Waals surface area contributed by atoms with Crippen LogP contribution >= 0.6 is 11.6 Å². The van der Waals surface area contributed by atoms with Crippen molar-refractivity contribution in [3.05, 3.63) is 52.3 Å². The number of halogens is 1. The van der Waals surface area contributed by atoms with Crippen LogP contribution in [0.2, 0.25) is 5.02 Å². The highest BCUT2D eigenvalue weighted by molar-refractivity contribution is 6.30. The monoisotopic (exact) mass is 346 g/mol. The predicted molar refractivity (Wildman–Crippen MR) is 94.9 cm³/mol. The first kappa shape index (κ1) is 16.8. The van der Waals surface area contributed by atoms with E-state index in [-0.39, 0.29) is 18.1 Å². The van der Waals surface area contributed by atoms with E-state index in [0.29, 0.717) is 10.9 Å². The molecule has 1 fully saturated rings. The molecule has 1 aromatic heterocycles. The number of aromatic nitrogens is 2. The van der Waals surface area contributed by atoms with Gasteiger partial charge in [-0.15, -0.1) is 0 Å². The SMILES string of the molecule is Cc1nn(C)cc1[C@@H](C)NC(=O)N[C@@H](c1ccc(Cl)cc1)C1CC1. The van der Waals surface area contributed by atoms with Crippen molar-refractivity contribution in [3.8, 4) is 0 Å². The van der Waals surface area contributed by atoms with Gasteiger partial charge in [0.1, 0.15) is 0 Å². The van der Waals surface area contributed by atoms with Crippen molar-refractivity contribution in [3.63, 3.8) is 0 Å². The summed E-state index contributed by atoms with van der Waals surface area (Å²) in [5.41, 5.74) is 3.06.